The summed E-state index contributed by atoms with van der Waals surface area (Å²) in [6.07, 6.45) is 0.394. The van der Waals surface area contributed by atoms with E-state index in [0.29, 0.717) is 25.2 Å². The molecule has 0 spiro atoms. The molecule has 5 heteroatoms. The van der Waals surface area contributed by atoms with E-state index in [9.17, 15) is 4.79 Å². The van der Waals surface area contributed by atoms with Gasteiger partial charge in [-0.1, -0.05) is 6.07 Å². The van der Waals surface area contributed by atoms with E-state index in [1.165, 1.54) is 0 Å². The number of aliphatic hydroxyl groups is 1. The van der Waals surface area contributed by atoms with Gasteiger partial charge in [0.05, 0.1) is 6.61 Å². The van der Waals surface area contributed by atoms with Crippen molar-refractivity contribution in [1.29, 1.82) is 0 Å². The van der Waals surface area contributed by atoms with Crippen LogP contribution < -0.4 is 11.1 Å². The minimum absolute atomic E-state index is 0.0477. The minimum atomic E-state index is -0.0477. The Kier molecular flexibility index (Phi) is 5.61. The second-order valence-electron chi connectivity index (χ2n) is 4.40. The summed E-state index contributed by atoms with van der Waals surface area (Å²) in [5.74, 6) is -0.0477. The molecular weight excluding hydrogens is 230 g/mol. The summed E-state index contributed by atoms with van der Waals surface area (Å²) in [4.78, 5) is 13.7. The predicted molar refractivity (Wildman–Crippen MR) is 73.4 cm³/mol. The van der Waals surface area contributed by atoms with Gasteiger partial charge in [-0.25, -0.2) is 0 Å². The standard InChI is InChI=1S/C13H21N3O2/c1-10-3-4-11(14)9-12(10)15-13(18)5-6-16(2)7-8-17/h3-4,9,17H,5-8,14H2,1-2H3,(H,15,18). The van der Waals surface area contributed by atoms with Crippen LogP contribution in [0.25, 0.3) is 0 Å². The highest BCUT2D eigenvalue weighted by atomic mass is 16.3. The number of hydrogen-bond donors (Lipinski definition) is 3. The SMILES string of the molecule is Cc1ccc(N)cc1NC(=O)CCN(C)CCO. The molecule has 0 aliphatic heterocycles. The molecule has 1 amide bonds. The van der Waals surface area contributed by atoms with Crippen molar-refractivity contribution < 1.29 is 9.90 Å². The first-order valence-corrected chi connectivity index (χ1v) is 5.98. The van der Waals surface area contributed by atoms with Gasteiger partial charge in [-0.15, -0.1) is 0 Å². The first-order chi connectivity index (χ1) is 8.52. The number of carbonyl (C=O) groups excluding carboxylic acids is 1. The van der Waals surface area contributed by atoms with Gasteiger partial charge in [-0.05, 0) is 31.7 Å². The lowest BCUT2D eigenvalue weighted by Crippen LogP contribution is -2.26. The van der Waals surface area contributed by atoms with Crippen molar-refractivity contribution in [1.82, 2.24) is 4.90 Å². The normalized spacial score (nSPS) is 10.7. The molecule has 0 aliphatic carbocycles. The van der Waals surface area contributed by atoms with Crippen molar-refractivity contribution in [2.75, 3.05) is 37.8 Å². The van der Waals surface area contributed by atoms with E-state index in [2.05, 4.69) is 5.32 Å². The van der Waals surface area contributed by atoms with Gasteiger partial charge in [0.2, 0.25) is 5.91 Å². The fourth-order valence-corrected chi connectivity index (χ4v) is 1.56. The van der Waals surface area contributed by atoms with Crippen LogP contribution in [0.1, 0.15) is 12.0 Å². The van der Waals surface area contributed by atoms with Crippen molar-refractivity contribution in [2.45, 2.75) is 13.3 Å². The molecule has 5 nitrogen and oxygen atoms in total. The number of nitrogens with two attached hydrogens (primary N) is 1. The Morgan fingerprint density at radius 1 is 1.44 bits per heavy atom. The van der Waals surface area contributed by atoms with Crippen molar-refractivity contribution in [2.24, 2.45) is 0 Å². The topological polar surface area (TPSA) is 78.6 Å². The summed E-state index contributed by atoms with van der Waals surface area (Å²) in [5, 5.41) is 11.6. The van der Waals surface area contributed by atoms with E-state index in [0.717, 1.165) is 11.3 Å². The Morgan fingerprint density at radius 2 is 2.17 bits per heavy atom. The van der Waals surface area contributed by atoms with E-state index in [-0.39, 0.29) is 12.5 Å². The lowest BCUT2D eigenvalue weighted by Gasteiger charge is -2.15. The summed E-state index contributed by atoms with van der Waals surface area (Å²) >= 11 is 0. The van der Waals surface area contributed by atoms with Crippen LogP contribution in [-0.2, 0) is 4.79 Å². The molecule has 0 aliphatic rings. The molecule has 0 radical (unpaired) electrons. The Balaban J connectivity index is 2.47. The van der Waals surface area contributed by atoms with Gasteiger partial charge in [-0.2, -0.15) is 0 Å². The second kappa shape index (κ2) is 6.98. The molecule has 0 unspecified atom stereocenters. The number of nitrogen functional groups attached to an aromatic ring is 1. The zero-order valence-corrected chi connectivity index (χ0v) is 10.9. The van der Waals surface area contributed by atoms with Crippen LogP contribution in [0.2, 0.25) is 0 Å². The zero-order valence-electron chi connectivity index (χ0n) is 10.9. The van der Waals surface area contributed by atoms with Crippen molar-refractivity contribution >= 4 is 17.3 Å². The molecule has 0 aromatic heterocycles. The highest BCUT2D eigenvalue weighted by molar-refractivity contribution is 5.92. The van der Waals surface area contributed by atoms with Crippen LogP contribution in [0.5, 0.6) is 0 Å². The molecule has 0 saturated carbocycles. The van der Waals surface area contributed by atoms with Gasteiger partial charge >= 0.3 is 0 Å². The molecule has 1 rings (SSSR count). The molecule has 1 aromatic rings. The third-order valence-electron chi connectivity index (χ3n) is 2.74. The molecular formula is C13H21N3O2. The number of likely N-dealkylation sites (N-methyl/N-ethyl adjacent to an activating group) is 1. The van der Waals surface area contributed by atoms with Gasteiger partial charge in [0.1, 0.15) is 0 Å². The van der Waals surface area contributed by atoms with E-state index >= 15 is 0 Å². The van der Waals surface area contributed by atoms with Gasteiger partial charge in [-0.3, -0.25) is 4.79 Å². The van der Waals surface area contributed by atoms with Crippen LogP contribution in [0.4, 0.5) is 11.4 Å². The lowest BCUT2D eigenvalue weighted by atomic mass is 10.2. The Bertz CT molecular complexity index is 407. The van der Waals surface area contributed by atoms with Crippen LogP contribution in [0, 0.1) is 6.92 Å². The maximum Gasteiger partial charge on any atom is 0.225 e. The van der Waals surface area contributed by atoms with Gasteiger partial charge in [0, 0.05) is 30.9 Å². The first kappa shape index (κ1) is 14.5. The third kappa shape index (κ3) is 4.73. The third-order valence-corrected chi connectivity index (χ3v) is 2.74. The molecule has 0 saturated heterocycles. The smallest absolute Gasteiger partial charge is 0.225 e. The second-order valence-corrected chi connectivity index (χ2v) is 4.40. The molecule has 4 N–H and O–H groups in total. The quantitative estimate of drug-likeness (QED) is 0.654. The van der Waals surface area contributed by atoms with E-state index < -0.39 is 0 Å². The monoisotopic (exact) mass is 251 g/mol. The van der Waals surface area contributed by atoms with Crippen LogP contribution in [0.3, 0.4) is 0 Å². The molecule has 0 bridgehead atoms. The van der Waals surface area contributed by atoms with Crippen molar-refractivity contribution in [3.8, 4) is 0 Å². The summed E-state index contributed by atoms with van der Waals surface area (Å²) in [5.41, 5.74) is 8.05. The molecule has 18 heavy (non-hydrogen) atoms. The predicted octanol–water partition coefficient (Wildman–Crippen LogP) is 0.830. The number of nitrogens with zero attached hydrogens (tertiary/aromatic N) is 1. The molecule has 0 fully saturated rings. The maximum absolute atomic E-state index is 11.7. The van der Waals surface area contributed by atoms with Crippen molar-refractivity contribution in [3.63, 3.8) is 0 Å². The van der Waals surface area contributed by atoms with Gasteiger partial charge in [0.25, 0.3) is 0 Å². The molecule has 0 heterocycles. The number of benzene rings is 1. The largest absolute Gasteiger partial charge is 0.399 e. The van der Waals surface area contributed by atoms with Gasteiger partial charge in [0.15, 0.2) is 0 Å². The Hall–Kier alpha value is -1.59. The number of carbonyl (C=O) groups is 1. The number of amides is 1. The summed E-state index contributed by atoms with van der Waals surface area (Å²) in [7, 11) is 1.87. The fraction of sp³-hybridized carbons (Fsp3) is 0.462. The van der Waals surface area contributed by atoms with E-state index in [1.807, 2.05) is 24.9 Å². The van der Waals surface area contributed by atoms with Crippen LogP contribution in [-0.4, -0.2) is 42.7 Å². The molecule has 100 valence electrons. The maximum atomic E-state index is 11.7. The highest BCUT2D eigenvalue weighted by Crippen LogP contribution is 2.18. The average molecular weight is 251 g/mol. The highest BCUT2D eigenvalue weighted by Gasteiger charge is 2.06. The minimum Gasteiger partial charge on any atom is -0.399 e. The van der Waals surface area contributed by atoms with Crippen LogP contribution >= 0.6 is 0 Å². The molecule has 1 aromatic carbocycles. The number of anilines is 2. The number of nitrogens with one attached hydrogen (secondary N) is 1. The number of hydrogen-bond acceptors (Lipinski definition) is 4. The number of rotatable bonds is 6. The number of aryl methyl sites for hydroxylation is 1. The fourth-order valence-electron chi connectivity index (χ4n) is 1.56. The van der Waals surface area contributed by atoms with Crippen molar-refractivity contribution in [3.05, 3.63) is 23.8 Å². The van der Waals surface area contributed by atoms with Gasteiger partial charge < -0.3 is 21.1 Å². The summed E-state index contributed by atoms with van der Waals surface area (Å²) < 4.78 is 0. The summed E-state index contributed by atoms with van der Waals surface area (Å²) in [6, 6.07) is 5.44. The van der Waals surface area contributed by atoms with E-state index in [4.69, 9.17) is 10.8 Å². The number of aliphatic hydroxyl groups excluding tert-OH is 1. The lowest BCUT2D eigenvalue weighted by molar-refractivity contribution is -0.116. The average Bonchev–Trinajstić information content (AvgIpc) is 2.32. The van der Waals surface area contributed by atoms with Crippen LogP contribution in [0.15, 0.2) is 18.2 Å². The summed E-state index contributed by atoms with van der Waals surface area (Å²) in [6.45, 7) is 3.22. The molecule has 0 atom stereocenters. The Morgan fingerprint density at radius 3 is 2.83 bits per heavy atom. The first-order valence-electron chi connectivity index (χ1n) is 5.98. The van der Waals surface area contributed by atoms with E-state index in [1.54, 1.807) is 12.1 Å². The zero-order chi connectivity index (χ0) is 13.5. The Labute approximate surface area is 108 Å².